The minimum absolute atomic E-state index is 0.000694. The van der Waals surface area contributed by atoms with Gasteiger partial charge in [-0.15, -0.1) is 0 Å². The van der Waals surface area contributed by atoms with Crippen molar-refractivity contribution in [1.29, 1.82) is 0 Å². The van der Waals surface area contributed by atoms with Crippen LogP contribution in [0.15, 0.2) is 12.3 Å². The number of aromatic amines is 1. The van der Waals surface area contributed by atoms with Crippen molar-refractivity contribution in [2.45, 2.75) is 12.6 Å². The molecule has 0 unspecified atom stereocenters. The molecule has 2 aromatic rings. The second-order valence-electron chi connectivity index (χ2n) is 3.34. The molecule has 0 spiro atoms. The molecule has 8 heteroatoms. The van der Waals surface area contributed by atoms with E-state index < -0.39 is 18.6 Å². The monoisotopic (exact) mass is 245 g/mol. The Morgan fingerprint density at radius 3 is 2.76 bits per heavy atom. The molecule has 5 nitrogen and oxygen atoms in total. The van der Waals surface area contributed by atoms with E-state index in [1.165, 1.54) is 12.3 Å². The minimum Gasteiger partial charge on any atom is -0.478 e. The Morgan fingerprint density at radius 1 is 1.47 bits per heavy atom. The first-order valence-electron chi connectivity index (χ1n) is 4.50. The van der Waals surface area contributed by atoms with E-state index in [9.17, 15) is 18.0 Å². The molecule has 0 aromatic carbocycles. The topological polar surface area (TPSA) is 78.9 Å². The van der Waals surface area contributed by atoms with Gasteiger partial charge in [-0.1, -0.05) is 0 Å². The number of nitrogens with zero attached hydrogens (tertiary/aromatic N) is 2. The number of carboxylic acids is 1. The Kier molecular flexibility index (Phi) is 2.49. The van der Waals surface area contributed by atoms with Crippen molar-refractivity contribution in [2.75, 3.05) is 0 Å². The van der Waals surface area contributed by atoms with E-state index in [1.807, 2.05) is 0 Å². The number of nitrogens with one attached hydrogen (secondary N) is 1. The number of fused-ring (bicyclic) bond motifs is 1. The van der Waals surface area contributed by atoms with Gasteiger partial charge in [-0.25, -0.2) is 14.8 Å². The first-order chi connectivity index (χ1) is 7.87. The summed E-state index contributed by atoms with van der Waals surface area (Å²) in [5.41, 5.74) is -0.195. The van der Waals surface area contributed by atoms with Crippen LogP contribution in [0.3, 0.4) is 0 Å². The zero-order valence-corrected chi connectivity index (χ0v) is 8.25. The molecule has 0 aliphatic heterocycles. The van der Waals surface area contributed by atoms with E-state index >= 15 is 0 Å². The normalized spacial score (nSPS) is 11.9. The summed E-state index contributed by atoms with van der Waals surface area (Å²) in [5.74, 6) is -1.60. The quantitative estimate of drug-likeness (QED) is 0.844. The fraction of sp³-hybridized carbons (Fsp3) is 0.222. The van der Waals surface area contributed by atoms with Crippen LogP contribution in [-0.2, 0) is 6.42 Å². The third kappa shape index (κ3) is 2.35. The predicted molar refractivity (Wildman–Crippen MR) is 50.6 cm³/mol. The maximum Gasteiger partial charge on any atom is 0.396 e. The Morgan fingerprint density at radius 2 is 2.18 bits per heavy atom. The molecular weight excluding hydrogens is 239 g/mol. The van der Waals surface area contributed by atoms with Crippen LogP contribution < -0.4 is 0 Å². The van der Waals surface area contributed by atoms with E-state index in [0.29, 0.717) is 0 Å². The number of alkyl halides is 3. The zero-order chi connectivity index (χ0) is 12.6. The van der Waals surface area contributed by atoms with E-state index in [4.69, 9.17) is 5.11 Å². The van der Waals surface area contributed by atoms with Crippen molar-refractivity contribution in [3.05, 3.63) is 23.7 Å². The van der Waals surface area contributed by atoms with Gasteiger partial charge in [0, 0.05) is 6.20 Å². The van der Waals surface area contributed by atoms with E-state index in [2.05, 4.69) is 15.0 Å². The molecule has 0 aliphatic carbocycles. The zero-order valence-electron chi connectivity index (χ0n) is 8.25. The lowest BCUT2D eigenvalue weighted by molar-refractivity contribution is -0.128. The fourth-order valence-electron chi connectivity index (χ4n) is 1.41. The molecule has 2 rings (SSSR count). The smallest absolute Gasteiger partial charge is 0.396 e. The SMILES string of the molecule is O=C(O)c1ccnc2nc(CC(F)(F)F)[nH]c12. The van der Waals surface area contributed by atoms with Crippen LogP contribution in [0.5, 0.6) is 0 Å². The van der Waals surface area contributed by atoms with Crippen LogP contribution in [-0.4, -0.2) is 32.2 Å². The molecule has 0 fully saturated rings. The standard InChI is InChI=1S/C9H6F3N3O2/c10-9(11,12)3-5-14-6-4(8(16)17)1-2-13-7(6)15-5/h1-2H,3H2,(H,16,17)(H,13,14,15). The van der Waals surface area contributed by atoms with E-state index in [-0.39, 0.29) is 22.6 Å². The van der Waals surface area contributed by atoms with Crippen LogP contribution in [0.4, 0.5) is 13.2 Å². The van der Waals surface area contributed by atoms with E-state index in [1.54, 1.807) is 0 Å². The first kappa shape index (κ1) is 11.4. The van der Waals surface area contributed by atoms with Crippen molar-refractivity contribution in [3.63, 3.8) is 0 Å². The number of H-pyrrole nitrogens is 1. The lowest BCUT2D eigenvalue weighted by Crippen LogP contribution is -2.12. The number of carboxylic acid groups (broad SMARTS) is 1. The van der Waals surface area contributed by atoms with Crippen LogP contribution in [0, 0.1) is 0 Å². The average molecular weight is 245 g/mol. The molecule has 2 N–H and O–H groups in total. The lowest BCUT2D eigenvalue weighted by Gasteiger charge is -2.01. The van der Waals surface area contributed by atoms with Crippen molar-refractivity contribution >= 4 is 17.1 Å². The van der Waals surface area contributed by atoms with Crippen molar-refractivity contribution < 1.29 is 23.1 Å². The summed E-state index contributed by atoms with van der Waals surface area (Å²) in [5, 5.41) is 8.83. The summed E-state index contributed by atoms with van der Waals surface area (Å²) in [6.07, 6.45) is -4.47. The number of rotatable bonds is 2. The number of imidazole rings is 1. The van der Waals surface area contributed by atoms with Crippen LogP contribution in [0.1, 0.15) is 16.2 Å². The summed E-state index contributed by atoms with van der Waals surface area (Å²) in [6, 6.07) is 1.19. The maximum absolute atomic E-state index is 12.1. The second kappa shape index (κ2) is 3.72. The number of halogens is 3. The highest BCUT2D eigenvalue weighted by atomic mass is 19.4. The van der Waals surface area contributed by atoms with Crippen molar-refractivity contribution in [1.82, 2.24) is 15.0 Å². The average Bonchev–Trinajstić information content (AvgIpc) is 2.55. The Hall–Kier alpha value is -2.12. The maximum atomic E-state index is 12.1. The molecule has 0 saturated carbocycles. The molecule has 2 aromatic heterocycles. The highest BCUT2D eigenvalue weighted by Gasteiger charge is 2.30. The molecule has 0 bridgehead atoms. The van der Waals surface area contributed by atoms with Gasteiger partial charge < -0.3 is 10.1 Å². The van der Waals surface area contributed by atoms with Crippen LogP contribution in [0.2, 0.25) is 0 Å². The van der Waals surface area contributed by atoms with Crippen molar-refractivity contribution in [3.8, 4) is 0 Å². The van der Waals surface area contributed by atoms with Gasteiger partial charge in [0.15, 0.2) is 5.65 Å². The molecule has 17 heavy (non-hydrogen) atoms. The third-order valence-electron chi connectivity index (χ3n) is 2.04. The molecule has 0 atom stereocenters. The van der Waals surface area contributed by atoms with Gasteiger partial charge >= 0.3 is 12.1 Å². The highest BCUT2D eigenvalue weighted by Crippen LogP contribution is 2.22. The Balaban J connectivity index is 2.50. The molecular formula is C9H6F3N3O2. The summed E-state index contributed by atoms with van der Waals surface area (Å²) < 4.78 is 36.4. The molecule has 0 radical (unpaired) electrons. The van der Waals surface area contributed by atoms with Gasteiger partial charge in [-0.3, -0.25) is 0 Å². The first-order valence-corrected chi connectivity index (χ1v) is 4.50. The Bertz CT molecular complexity index is 576. The van der Waals surface area contributed by atoms with Gasteiger partial charge in [0.05, 0.1) is 11.1 Å². The molecule has 0 saturated heterocycles. The number of hydrogen-bond acceptors (Lipinski definition) is 3. The Labute approximate surface area is 92.3 Å². The fourth-order valence-corrected chi connectivity index (χ4v) is 1.41. The lowest BCUT2D eigenvalue weighted by atomic mass is 10.2. The summed E-state index contributed by atoms with van der Waals surface area (Å²) in [4.78, 5) is 20.4. The summed E-state index contributed by atoms with van der Waals surface area (Å²) >= 11 is 0. The number of aromatic carboxylic acids is 1. The second-order valence-corrected chi connectivity index (χ2v) is 3.34. The van der Waals surface area contributed by atoms with Gasteiger partial charge in [-0.2, -0.15) is 13.2 Å². The highest BCUT2D eigenvalue weighted by molar-refractivity contribution is 5.99. The number of aromatic nitrogens is 3. The number of hydrogen-bond donors (Lipinski definition) is 2. The van der Waals surface area contributed by atoms with E-state index in [0.717, 1.165) is 0 Å². The molecule has 0 amide bonds. The number of pyridine rings is 1. The van der Waals surface area contributed by atoms with Crippen LogP contribution >= 0.6 is 0 Å². The van der Waals surface area contributed by atoms with Gasteiger partial charge in [0.25, 0.3) is 0 Å². The third-order valence-corrected chi connectivity index (χ3v) is 2.04. The summed E-state index contributed by atoms with van der Waals surface area (Å²) in [7, 11) is 0. The van der Waals surface area contributed by atoms with Crippen LogP contribution in [0.25, 0.3) is 11.2 Å². The van der Waals surface area contributed by atoms with Crippen molar-refractivity contribution in [2.24, 2.45) is 0 Å². The minimum atomic E-state index is -4.41. The predicted octanol–water partition coefficient (Wildman–Crippen LogP) is 1.76. The molecule has 0 aliphatic rings. The summed E-state index contributed by atoms with van der Waals surface area (Å²) in [6.45, 7) is 0. The molecule has 2 heterocycles. The number of carbonyl (C=O) groups is 1. The van der Waals surface area contributed by atoms with Gasteiger partial charge in [-0.05, 0) is 6.07 Å². The van der Waals surface area contributed by atoms with Gasteiger partial charge in [0.1, 0.15) is 12.2 Å². The molecule has 90 valence electrons. The largest absolute Gasteiger partial charge is 0.478 e. The van der Waals surface area contributed by atoms with Gasteiger partial charge in [0.2, 0.25) is 0 Å².